The van der Waals surface area contributed by atoms with Gasteiger partial charge in [0.05, 0.1) is 5.69 Å². The predicted molar refractivity (Wildman–Crippen MR) is 265 cm³/mol. The summed E-state index contributed by atoms with van der Waals surface area (Å²) in [5, 5.41) is 0. The van der Waals surface area contributed by atoms with Crippen LogP contribution in [-0.4, -0.2) is 6.71 Å². The van der Waals surface area contributed by atoms with E-state index in [0.29, 0.717) is 0 Å². The molecule has 0 aromatic heterocycles. The van der Waals surface area contributed by atoms with Crippen LogP contribution in [0.4, 0.5) is 17.1 Å². The molecule has 64 heavy (non-hydrogen) atoms. The van der Waals surface area contributed by atoms with E-state index < -0.39 is 0 Å². The van der Waals surface area contributed by atoms with Gasteiger partial charge in [0.1, 0.15) is 23.0 Å². The van der Waals surface area contributed by atoms with Crippen LogP contribution in [0.5, 0.6) is 23.0 Å². The molecule has 0 bridgehead atoms. The van der Waals surface area contributed by atoms with E-state index in [4.69, 9.17) is 9.47 Å². The van der Waals surface area contributed by atoms with Crippen molar-refractivity contribution in [2.45, 2.75) is 38.5 Å². The topological polar surface area (TPSA) is 21.7 Å². The van der Waals surface area contributed by atoms with Crippen LogP contribution in [0.1, 0.15) is 49.9 Å². The molecule has 304 valence electrons. The molecular formula is C60H44BNO2. The fourth-order valence-corrected chi connectivity index (χ4v) is 11.3. The van der Waals surface area contributed by atoms with Gasteiger partial charge in [0.2, 0.25) is 0 Å². The molecule has 2 aliphatic heterocycles. The van der Waals surface area contributed by atoms with Crippen LogP contribution in [0.2, 0.25) is 0 Å². The van der Waals surface area contributed by atoms with Crippen molar-refractivity contribution >= 4 is 40.2 Å². The molecule has 9 aromatic carbocycles. The van der Waals surface area contributed by atoms with Crippen molar-refractivity contribution in [3.05, 3.63) is 216 Å². The molecule has 0 saturated carbocycles. The molecule has 0 atom stereocenters. The van der Waals surface area contributed by atoms with Gasteiger partial charge < -0.3 is 14.4 Å². The van der Waals surface area contributed by atoms with Crippen LogP contribution in [-0.2, 0) is 10.8 Å². The lowest BCUT2D eigenvalue weighted by Crippen LogP contribution is -2.57. The van der Waals surface area contributed by atoms with Crippen molar-refractivity contribution in [3.63, 3.8) is 0 Å². The van der Waals surface area contributed by atoms with Gasteiger partial charge in [0, 0.05) is 39.8 Å². The SMILES string of the molecule is CC1(C)c2ccccc2-c2ccc(-c3ccc4c(c3)B3c5cc(-c6ccc7c(c6)C(C)(C)c6ccccc6-7)ccc5Oc5cc(N(c6ccccc6)c6ccccc6)cc(c53)O4)cc21. The normalized spacial score (nSPS) is 14.7. The van der Waals surface area contributed by atoms with Crippen LogP contribution < -0.4 is 30.8 Å². The number of rotatable bonds is 5. The van der Waals surface area contributed by atoms with E-state index in [-0.39, 0.29) is 17.5 Å². The quantitative estimate of drug-likeness (QED) is 0.161. The number of ether oxygens (including phenoxy) is 2. The van der Waals surface area contributed by atoms with Gasteiger partial charge in [-0.1, -0.05) is 161 Å². The van der Waals surface area contributed by atoms with Crippen molar-refractivity contribution in [3.8, 4) is 67.5 Å². The van der Waals surface area contributed by atoms with Crippen molar-refractivity contribution < 1.29 is 9.47 Å². The van der Waals surface area contributed by atoms with E-state index in [1.807, 2.05) is 0 Å². The third-order valence-electron chi connectivity index (χ3n) is 14.6. The lowest BCUT2D eigenvalue weighted by molar-refractivity contribution is 0.465. The second-order valence-electron chi connectivity index (χ2n) is 18.9. The first kappa shape index (κ1) is 37.0. The van der Waals surface area contributed by atoms with Crippen LogP contribution in [0.25, 0.3) is 44.5 Å². The first-order valence-electron chi connectivity index (χ1n) is 22.4. The minimum absolute atomic E-state index is 0.0935. The Bertz CT molecular complexity index is 3180. The highest BCUT2D eigenvalue weighted by atomic mass is 16.5. The molecule has 0 unspecified atom stereocenters. The molecule has 0 fully saturated rings. The number of hydrogen-bond donors (Lipinski definition) is 0. The summed E-state index contributed by atoms with van der Waals surface area (Å²) in [5.74, 6) is 3.33. The molecule has 13 rings (SSSR count). The van der Waals surface area contributed by atoms with Crippen molar-refractivity contribution in [2.75, 3.05) is 4.90 Å². The fourth-order valence-electron chi connectivity index (χ4n) is 11.3. The third-order valence-corrected chi connectivity index (χ3v) is 14.6. The lowest BCUT2D eigenvalue weighted by Gasteiger charge is -2.35. The summed E-state index contributed by atoms with van der Waals surface area (Å²) in [5.41, 5.74) is 21.8. The van der Waals surface area contributed by atoms with E-state index in [1.54, 1.807) is 0 Å². The summed E-state index contributed by atoms with van der Waals surface area (Å²) >= 11 is 0. The Morgan fingerprint density at radius 3 is 1.20 bits per heavy atom. The maximum atomic E-state index is 7.05. The summed E-state index contributed by atoms with van der Waals surface area (Å²) in [6.07, 6.45) is 0. The second kappa shape index (κ2) is 13.5. The van der Waals surface area contributed by atoms with Crippen LogP contribution in [0.15, 0.2) is 194 Å². The predicted octanol–water partition coefficient (Wildman–Crippen LogP) is 13.8. The lowest BCUT2D eigenvalue weighted by atomic mass is 9.34. The number of benzene rings is 9. The van der Waals surface area contributed by atoms with E-state index in [2.05, 4.69) is 227 Å². The summed E-state index contributed by atoms with van der Waals surface area (Å²) < 4.78 is 14.1. The smallest absolute Gasteiger partial charge is 0.260 e. The number of para-hydroxylation sites is 2. The Morgan fingerprint density at radius 2 is 0.734 bits per heavy atom. The Morgan fingerprint density at radius 1 is 0.344 bits per heavy atom. The largest absolute Gasteiger partial charge is 0.458 e. The summed E-state index contributed by atoms with van der Waals surface area (Å²) in [7, 11) is 0. The molecule has 0 saturated heterocycles. The van der Waals surface area contributed by atoms with E-state index in [1.165, 1.54) is 66.8 Å². The zero-order chi connectivity index (χ0) is 42.9. The van der Waals surface area contributed by atoms with Gasteiger partial charge in [0.15, 0.2) is 0 Å². The molecular weight excluding hydrogens is 777 g/mol. The van der Waals surface area contributed by atoms with Crippen molar-refractivity contribution in [1.82, 2.24) is 0 Å². The highest BCUT2D eigenvalue weighted by Gasteiger charge is 2.42. The average molecular weight is 822 g/mol. The van der Waals surface area contributed by atoms with E-state index in [0.717, 1.165) is 56.4 Å². The van der Waals surface area contributed by atoms with Gasteiger partial charge in [-0.05, 0) is 126 Å². The monoisotopic (exact) mass is 821 g/mol. The number of hydrogen-bond acceptors (Lipinski definition) is 3. The standard InChI is InChI=1S/C60H44BNO2/c1-59(2)48-21-13-11-19-44(48)46-27-23-37(31-50(46)59)39-25-29-54-52(33-39)61-53-34-40(38-24-28-47-45-20-12-14-22-49(45)60(3,4)51(47)32-38)26-30-55(53)64-57-36-43(35-56(63-54)58(57)61)62(41-15-7-5-8-16-41)42-17-9-6-10-18-42/h5-36H,1-4H3. The van der Waals surface area contributed by atoms with Crippen LogP contribution >= 0.6 is 0 Å². The Labute approximate surface area is 375 Å². The number of nitrogens with zero attached hydrogens (tertiary/aromatic N) is 1. The van der Waals surface area contributed by atoms with Gasteiger partial charge in [0.25, 0.3) is 6.71 Å². The van der Waals surface area contributed by atoms with Gasteiger partial charge in [-0.15, -0.1) is 0 Å². The minimum atomic E-state index is -0.126. The summed E-state index contributed by atoms with van der Waals surface area (Å²) in [6.45, 7) is 9.27. The first-order chi connectivity index (χ1) is 31.2. The van der Waals surface area contributed by atoms with E-state index in [9.17, 15) is 0 Å². The molecule has 3 nitrogen and oxygen atoms in total. The number of anilines is 3. The van der Waals surface area contributed by atoms with Crippen LogP contribution in [0.3, 0.4) is 0 Å². The van der Waals surface area contributed by atoms with Gasteiger partial charge in [-0.3, -0.25) is 0 Å². The molecule has 0 spiro atoms. The zero-order valence-corrected chi connectivity index (χ0v) is 36.3. The molecule has 4 heteroatoms. The van der Waals surface area contributed by atoms with Crippen molar-refractivity contribution in [1.29, 1.82) is 0 Å². The highest BCUT2D eigenvalue weighted by Crippen LogP contribution is 2.51. The first-order valence-corrected chi connectivity index (χ1v) is 22.4. The molecule has 4 aliphatic rings. The summed E-state index contributed by atoms with van der Waals surface area (Å²) in [6, 6.07) is 70.7. The van der Waals surface area contributed by atoms with Crippen molar-refractivity contribution in [2.24, 2.45) is 0 Å². The Kier molecular flexibility index (Phi) is 7.80. The van der Waals surface area contributed by atoms with Gasteiger partial charge in [-0.25, -0.2) is 0 Å². The van der Waals surface area contributed by atoms with Crippen LogP contribution in [0, 0.1) is 0 Å². The average Bonchev–Trinajstić information content (AvgIpc) is 3.70. The molecule has 0 amide bonds. The molecule has 9 aromatic rings. The Hall–Kier alpha value is -7.56. The Balaban J connectivity index is 0.977. The summed E-state index contributed by atoms with van der Waals surface area (Å²) in [4.78, 5) is 2.27. The molecule has 0 N–H and O–H groups in total. The van der Waals surface area contributed by atoms with Gasteiger partial charge in [-0.2, -0.15) is 0 Å². The van der Waals surface area contributed by atoms with E-state index >= 15 is 0 Å². The molecule has 0 radical (unpaired) electrons. The zero-order valence-electron chi connectivity index (χ0n) is 36.3. The van der Waals surface area contributed by atoms with Gasteiger partial charge >= 0.3 is 0 Å². The maximum Gasteiger partial charge on any atom is 0.260 e. The fraction of sp³-hybridized carbons (Fsp3) is 0.100. The highest BCUT2D eigenvalue weighted by molar-refractivity contribution is 6.98. The second-order valence-corrected chi connectivity index (χ2v) is 18.9. The minimum Gasteiger partial charge on any atom is -0.458 e. The molecule has 2 aliphatic carbocycles. The third kappa shape index (κ3) is 5.35. The maximum absolute atomic E-state index is 7.05. The molecule has 2 heterocycles. The number of fused-ring (bicyclic) bond motifs is 10.